The van der Waals surface area contributed by atoms with Crippen molar-refractivity contribution < 1.29 is 9.90 Å². The average Bonchev–Trinajstić information content (AvgIpc) is 3.21. The molecule has 0 aliphatic rings. The molecular weight excluding hydrogens is 398 g/mol. The number of thioether (sulfide) groups is 2. The van der Waals surface area contributed by atoms with Gasteiger partial charge >= 0.3 is 0 Å². The Balaban J connectivity index is 2.19. The standard InChI is InChI=1S/C19H23N3O2S3/c1-11(9-25-3)15-16(23)14-19(22(15)18(24)12(2)10-26-4)27-17(21-14)13-6-5-7-20-8-13/h5-8,11-12,23H,9-10H2,1-4H3. The van der Waals surface area contributed by atoms with Crippen LogP contribution >= 0.6 is 34.9 Å². The lowest BCUT2D eigenvalue weighted by molar-refractivity contribution is 0.0859. The molecule has 0 bridgehead atoms. The fourth-order valence-corrected chi connectivity index (χ4v) is 5.49. The van der Waals surface area contributed by atoms with Crippen LogP contribution in [0.1, 0.15) is 30.3 Å². The Morgan fingerprint density at radius 1 is 1.30 bits per heavy atom. The predicted octanol–water partition coefficient (Wildman–Crippen LogP) is 4.97. The molecule has 0 aromatic carbocycles. The lowest BCUT2D eigenvalue weighted by atomic mass is 10.1. The number of thiazole rings is 1. The van der Waals surface area contributed by atoms with Crippen LogP contribution in [0.5, 0.6) is 5.75 Å². The van der Waals surface area contributed by atoms with E-state index in [0.717, 1.165) is 22.1 Å². The third kappa shape index (κ3) is 3.88. The van der Waals surface area contributed by atoms with Crippen LogP contribution in [0.2, 0.25) is 0 Å². The van der Waals surface area contributed by atoms with Gasteiger partial charge in [0.2, 0.25) is 5.91 Å². The number of aromatic nitrogens is 3. The summed E-state index contributed by atoms with van der Waals surface area (Å²) in [6, 6.07) is 3.79. The molecule has 27 heavy (non-hydrogen) atoms. The maximum atomic E-state index is 13.2. The van der Waals surface area contributed by atoms with Gasteiger partial charge in [0.15, 0.2) is 5.75 Å². The molecule has 0 aliphatic heterocycles. The van der Waals surface area contributed by atoms with Crippen molar-refractivity contribution in [3.8, 4) is 16.3 Å². The van der Waals surface area contributed by atoms with Gasteiger partial charge in [-0.05, 0) is 24.6 Å². The van der Waals surface area contributed by atoms with E-state index in [1.54, 1.807) is 40.5 Å². The van der Waals surface area contributed by atoms with Crippen LogP contribution < -0.4 is 0 Å². The van der Waals surface area contributed by atoms with Crippen LogP contribution in [0.15, 0.2) is 24.5 Å². The van der Waals surface area contributed by atoms with E-state index in [0.29, 0.717) is 16.0 Å². The summed E-state index contributed by atoms with van der Waals surface area (Å²) in [7, 11) is 0. The number of pyridine rings is 1. The minimum Gasteiger partial charge on any atom is -0.504 e. The van der Waals surface area contributed by atoms with Crippen molar-refractivity contribution in [2.75, 3.05) is 24.0 Å². The lowest BCUT2D eigenvalue weighted by Gasteiger charge is -2.17. The van der Waals surface area contributed by atoms with Crippen LogP contribution in [0.4, 0.5) is 0 Å². The van der Waals surface area contributed by atoms with Crippen LogP contribution in [0.25, 0.3) is 20.9 Å². The van der Waals surface area contributed by atoms with E-state index in [2.05, 4.69) is 9.97 Å². The first kappa shape index (κ1) is 20.2. The van der Waals surface area contributed by atoms with Crippen molar-refractivity contribution in [2.45, 2.75) is 19.8 Å². The molecule has 2 atom stereocenters. The Hall–Kier alpha value is -1.51. The lowest BCUT2D eigenvalue weighted by Crippen LogP contribution is -2.23. The molecule has 3 heterocycles. The molecule has 3 rings (SSSR count). The van der Waals surface area contributed by atoms with E-state index in [1.165, 1.54) is 11.3 Å². The molecule has 0 radical (unpaired) electrons. The van der Waals surface area contributed by atoms with Crippen molar-refractivity contribution in [1.82, 2.24) is 14.5 Å². The number of nitrogens with zero attached hydrogens (tertiary/aromatic N) is 3. The highest BCUT2D eigenvalue weighted by molar-refractivity contribution is 7.98. The van der Waals surface area contributed by atoms with Crippen molar-refractivity contribution >= 4 is 51.1 Å². The molecule has 5 nitrogen and oxygen atoms in total. The molecule has 0 fully saturated rings. The van der Waals surface area contributed by atoms with Gasteiger partial charge in [0.25, 0.3) is 0 Å². The number of aromatic hydroxyl groups is 1. The summed E-state index contributed by atoms with van der Waals surface area (Å²) >= 11 is 4.78. The smallest absolute Gasteiger partial charge is 0.235 e. The van der Waals surface area contributed by atoms with Crippen LogP contribution in [-0.2, 0) is 0 Å². The SMILES string of the molecule is CSCC(C)C(=O)n1c(C(C)CSC)c(O)c2nc(-c3cccnc3)sc21. The zero-order valence-electron chi connectivity index (χ0n) is 15.8. The summed E-state index contributed by atoms with van der Waals surface area (Å²) in [5.74, 6) is 1.61. The summed E-state index contributed by atoms with van der Waals surface area (Å²) in [5.41, 5.74) is 2.06. The largest absolute Gasteiger partial charge is 0.504 e. The molecular formula is C19H23N3O2S3. The number of carbonyl (C=O) groups is 1. The number of fused-ring (bicyclic) bond motifs is 1. The minimum absolute atomic E-state index is 0.0130. The maximum Gasteiger partial charge on any atom is 0.235 e. The van der Waals surface area contributed by atoms with E-state index in [9.17, 15) is 9.90 Å². The number of carbonyl (C=O) groups excluding carboxylic acids is 1. The topological polar surface area (TPSA) is 68.0 Å². The molecule has 0 amide bonds. The van der Waals surface area contributed by atoms with Gasteiger partial charge < -0.3 is 5.11 Å². The van der Waals surface area contributed by atoms with Crippen molar-refractivity contribution in [3.05, 3.63) is 30.2 Å². The summed E-state index contributed by atoms with van der Waals surface area (Å²) in [4.78, 5) is 22.7. The van der Waals surface area contributed by atoms with Crippen LogP contribution in [-0.4, -0.2) is 49.6 Å². The molecule has 1 N–H and O–H groups in total. The Kier molecular flexibility index (Phi) is 6.49. The third-order valence-corrected chi connectivity index (χ3v) is 7.13. The second-order valence-electron chi connectivity index (χ2n) is 6.53. The fourth-order valence-electron chi connectivity index (χ4n) is 3.11. The molecule has 3 aromatic heterocycles. The molecule has 0 aliphatic carbocycles. The van der Waals surface area contributed by atoms with E-state index < -0.39 is 0 Å². The first-order valence-electron chi connectivity index (χ1n) is 8.66. The fraction of sp³-hybridized carbons (Fsp3) is 0.421. The Labute approximate surface area is 171 Å². The van der Waals surface area contributed by atoms with Gasteiger partial charge in [-0.25, -0.2) is 4.98 Å². The molecule has 8 heteroatoms. The van der Waals surface area contributed by atoms with Crippen molar-refractivity contribution in [1.29, 1.82) is 0 Å². The van der Waals surface area contributed by atoms with E-state index in [1.807, 2.05) is 38.5 Å². The number of hydrogen-bond acceptors (Lipinski definition) is 7. The van der Waals surface area contributed by atoms with Crippen LogP contribution in [0, 0.1) is 5.92 Å². The average molecular weight is 422 g/mol. The quantitative estimate of drug-likeness (QED) is 0.581. The van der Waals surface area contributed by atoms with E-state index >= 15 is 0 Å². The van der Waals surface area contributed by atoms with Gasteiger partial charge in [-0.2, -0.15) is 23.5 Å². The highest BCUT2D eigenvalue weighted by Crippen LogP contribution is 2.42. The molecule has 3 aromatic rings. The molecule has 0 spiro atoms. The molecule has 144 valence electrons. The molecule has 2 unspecified atom stereocenters. The Morgan fingerprint density at radius 2 is 2.04 bits per heavy atom. The van der Waals surface area contributed by atoms with E-state index in [4.69, 9.17) is 0 Å². The summed E-state index contributed by atoms with van der Waals surface area (Å²) in [6.45, 7) is 3.98. The maximum absolute atomic E-state index is 13.2. The van der Waals surface area contributed by atoms with Crippen molar-refractivity contribution in [2.24, 2.45) is 5.92 Å². The summed E-state index contributed by atoms with van der Waals surface area (Å²) < 4.78 is 1.71. The minimum atomic E-state index is -0.140. The highest BCUT2D eigenvalue weighted by atomic mass is 32.2. The number of hydrogen-bond donors (Lipinski definition) is 1. The van der Waals surface area contributed by atoms with Crippen molar-refractivity contribution in [3.63, 3.8) is 0 Å². The van der Waals surface area contributed by atoms with Gasteiger partial charge in [-0.15, -0.1) is 0 Å². The number of rotatable bonds is 7. The second-order valence-corrected chi connectivity index (χ2v) is 9.33. The van der Waals surface area contributed by atoms with Gasteiger partial charge in [0.05, 0.1) is 5.69 Å². The highest BCUT2D eigenvalue weighted by Gasteiger charge is 2.30. The normalized spacial score (nSPS) is 13.8. The molecule has 0 saturated carbocycles. The van der Waals surface area contributed by atoms with Gasteiger partial charge in [-0.3, -0.25) is 14.3 Å². The molecule has 0 saturated heterocycles. The first-order chi connectivity index (χ1) is 13.0. The van der Waals surface area contributed by atoms with E-state index in [-0.39, 0.29) is 23.5 Å². The Bertz CT molecular complexity index is 937. The third-order valence-electron chi connectivity index (χ3n) is 4.37. The monoisotopic (exact) mass is 421 g/mol. The van der Waals surface area contributed by atoms with Crippen LogP contribution in [0.3, 0.4) is 0 Å². The van der Waals surface area contributed by atoms with Gasteiger partial charge in [-0.1, -0.05) is 25.2 Å². The Morgan fingerprint density at radius 3 is 2.67 bits per heavy atom. The second kappa shape index (κ2) is 8.67. The summed E-state index contributed by atoms with van der Waals surface area (Å²) in [6.07, 6.45) is 7.48. The zero-order valence-corrected chi connectivity index (χ0v) is 18.2. The zero-order chi connectivity index (χ0) is 19.6. The van der Waals surface area contributed by atoms with Gasteiger partial charge in [0.1, 0.15) is 15.4 Å². The first-order valence-corrected chi connectivity index (χ1v) is 12.3. The summed E-state index contributed by atoms with van der Waals surface area (Å²) in [5, 5.41) is 11.7. The van der Waals surface area contributed by atoms with Gasteiger partial charge in [0, 0.05) is 41.3 Å². The predicted molar refractivity (Wildman–Crippen MR) is 117 cm³/mol.